The van der Waals surface area contributed by atoms with Crippen molar-refractivity contribution in [3.63, 3.8) is 0 Å². The smallest absolute Gasteiger partial charge is 0.271 e. The number of carbonyl (C=O) groups is 1. The Kier molecular flexibility index (Phi) is 3.91. The molecular weight excluding hydrogens is 320 g/mol. The van der Waals surface area contributed by atoms with Gasteiger partial charge in [0.2, 0.25) is 0 Å². The zero-order chi connectivity index (χ0) is 14.3. The lowest BCUT2D eigenvalue weighted by atomic mass is 9.99. The highest BCUT2D eigenvalue weighted by Crippen LogP contribution is 2.37. The molecule has 5 heteroatoms. The lowest BCUT2D eigenvalue weighted by Gasteiger charge is -2.37. The zero-order valence-corrected chi connectivity index (χ0v) is 13.3. The van der Waals surface area contributed by atoms with E-state index in [0.29, 0.717) is 0 Å². The first-order valence-electron chi connectivity index (χ1n) is 7.46. The minimum absolute atomic E-state index is 0.128. The number of amides is 1. The molecule has 3 rings (SSSR count). The molecule has 2 fully saturated rings. The van der Waals surface area contributed by atoms with Crippen molar-refractivity contribution in [2.75, 3.05) is 0 Å². The average molecular weight is 341 g/mol. The first-order chi connectivity index (χ1) is 9.60. The van der Waals surface area contributed by atoms with Gasteiger partial charge in [0.05, 0.1) is 6.10 Å². The number of nitrogens with zero attached hydrogens (tertiary/aromatic N) is 2. The minimum Gasteiger partial charge on any atom is -0.393 e. The molecule has 2 bridgehead atoms. The van der Waals surface area contributed by atoms with Crippen molar-refractivity contribution in [2.45, 2.75) is 63.8 Å². The molecule has 1 aromatic rings. The van der Waals surface area contributed by atoms with Gasteiger partial charge in [-0.25, -0.2) is 0 Å². The number of aliphatic hydroxyl groups is 1. The summed E-state index contributed by atoms with van der Waals surface area (Å²) >= 11 is 3.47. The largest absolute Gasteiger partial charge is 0.393 e. The van der Waals surface area contributed by atoms with Gasteiger partial charge in [-0.05, 0) is 54.1 Å². The molecule has 2 aliphatic rings. The maximum Gasteiger partial charge on any atom is 0.271 e. The first-order valence-corrected chi connectivity index (χ1v) is 8.25. The van der Waals surface area contributed by atoms with E-state index >= 15 is 0 Å². The number of aromatic nitrogens is 1. The third kappa shape index (κ3) is 2.42. The molecule has 2 unspecified atom stereocenters. The monoisotopic (exact) mass is 340 g/mol. The fraction of sp³-hybridized carbons (Fsp3) is 0.667. The number of hydrogen-bond donors (Lipinski definition) is 1. The van der Waals surface area contributed by atoms with Gasteiger partial charge in [0.15, 0.2) is 0 Å². The summed E-state index contributed by atoms with van der Waals surface area (Å²) in [7, 11) is 0. The fourth-order valence-electron chi connectivity index (χ4n) is 3.69. The lowest BCUT2D eigenvalue weighted by molar-refractivity contribution is 0.0279. The molecule has 1 N–H and O–H groups in total. The third-order valence-corrected chi connectivity index (χ3v) is 4.92. The van der Waals surface area contributed by atoms with Gasteiger partial charge in [-0.1, -0.05) is 6.92 Å². The Morgan fingerprint density at radius 1 is 1.40 bits per heavy atom. The van der Waals surface area contributed by atoms with Crippen LogP contribution in [0.4, 0.5) is 0 Å². The Hall–Kier alpha value is -0.810. The molecule has 0 spiro atoms. The van der Waals surface area contributed by atoms with Crippen LogP contribution in [0.5, 0.6) is 0 Å². The van der Waals surface area contributed by atoms with Crippen molar-refractivity contribution in [1.82, 2.24) is 9.47 Å². The second-order valence-corrected chi connectivity index (χ2v) is 6.88. The second kappa shape index (κ2) is 5.53. The second-order valence-electron chi connectivity index (χ2n) is 5.96. The number of carbonyl (C=O) groups excluding carboxylic acids is 1. The number of fused-ring (bicyclic) bond motifs is 2. The van der Waals surface area contributed by atoms with Crippen molar-refractivity contribution in [1.29, 1.82) is 0 Å². The van der Waals surface area contributed by atoms with E-state index in [1.165, 1.54) is 0 Å². The molecule has 1 amide bonds. The zero-order valence-electron chi connectivity index (χ0n) is 11.8. The maximum atomic E-state index is 12.9. The van der Waals surface area contributed by atoms with Gasteiger partial charge < -0.3 is 14.6 Å². The molecular formula is C15H21BrN2O2. The van der Waals surface area contributed by atoms with Gasteiger partial charge in [-0.3, -0.25) is 4.79 Å². The van der Waals surface area contributed by atoms with Crippen LogP contribution in [0.25, 0.3) is 0 Å². The molecule has 0 saturated carbocycles. The van der Waals surface area contributed by atoms with Crippen LogP contribution in [0.2, 0.25) is 0 Å². The van der Waals surface area contributed by atoms with Crippen molar-refractivity contribution in [3.8, 4) is 0 Å². The van der Waals surface area contributed by atoms with E-state index < -0.39 is 0 Å². The lowest BCUT2D eigenvalue weighted by Crippen LogP contribution is -2.48. The van der Waals surface area contributed by atoms with Gasteiger partial charge in [0, 0.05) is 29.3 Å². The Labute approximate surface area is 127 Å². The summed E-state index contributed by atoms with van der Waals surface area (Å²) < 4.78 is 3.00. The number of hydrogen-bond acceptors (Lipinski definition) is 2. The van der Waals surface area contributed by atoms with Crippen molar-refractivity contribution in [3.05, 3.63) is 22.4 Å². The van der Waals surface area contributed by atoms with Crippen molar-refractivity contribution < 1.29 is 9.90 Å². The van der Waals surface area contributed by atoms with Crippen molar-refractivity contribution in [2.24, 2.45) is 0 Å². The Bertz CT molecular complexity index is 500. The molecule has 4 nitrogen and oxygen atoms in total. The van der Waals surface area contributed by atoms with E-state index in [1.54, 1.807) is 0 Å². The van der Waals surface area contributed by atoms with Gasteiger partial charge in [0.25, 0.3) is 5.91 Å². The summed E-state index contributed by atoms with van der Waals surface area (Å²) in [5, 5.41) is 9.85. The normalized spacial score (nSPS) is 28.9. The molecule has 0 aliphatic carbocycles. The van der Waals surface area contributed by atoms with Crippen LogP contribution in [0.15, 0.2) is 16.7 Å². The van der Waals surface area contributed by atoms with Gasteiger partial charge in [-0.15, -0.1) is 0 Å². The predicted octanol–water partition coefficient (Wildman–Crippen LogP) is 2.79. The molecule has 0 aromatic carbocycles. The first kappa shape index (κ1) is 14.1. The van der Waals surface area contributed by atoms with E-state index in [2.05, 4.69) is 22.9 Å². The van der Waals surface area contributed by atoms with E-state index in [1.807, 2.05) is 21.7 Å². The SMILES string of the molecule is CCCn1cc(Br)cc1C(=O)N1C2CCC1CC(O)C2. The van der Waals surface area contributed by atoms with Crippen LogP contribution in [-0.2, 0) is 6.54 Å². The van der Waals surface area contributed by atoms with E-state index in [4.69, 9.17) is 0 Å². The molecule has 110 valence electrons. The van der Waals surface area contributed by atoms with Crippen LogP contribution < -0.4 is 0 Å². The quantitative estimate of drug-likeness (QED) is 0.919. The van der Waals surface area contributed by atoms with Gasteiger partial charge in [-0.2, -0.15) is 0 Å². The van der Waals surface area contributed by atoms with Crippen LogP contribution in [0, 0.1) is 0 Å². The Morgan fingerprint density at radius 3 is 2.65 bits per heavy atom. The van der Waals surface area contributed by atoms with E-state index in [9.17, 15) is 9.90 Å². The summed E-state index contributed by atoms with van der Waals surface area (Å²) in [6.45, 7) is 2.97. The Morgan fingerprint density at radius 2 is 2.05 bits per heavy atom. The summed E-state index contributed by atoms with van der Waals surface area (Å²) in [4.78, 5) is 14.9. The third-order valence-electron chi connectivity index (χ3n) is 4.49. The maximum absolute atomic E-state index is 12.9. The molecule has 2 aliphatic heterocycles. The van der Waals surface area contributed by atoms with Crippen LogP contribution in [-0.4, -0.2) is 38.7 Å². The summed E-state index contributed by atoms with van der Waals surface area (Å²) in [6, 6.07) is 2.36. The van der Waals surface area contributed by atoms with Gasteiger partial charge in [0.1, 0.15) is 5.69 Å². The van der Waals surface area contributed by atoms with Crippen molar-refractivity contribution >= 4 is 21.8 Å². The molecule has 0 radical (unpaired) electrons. The predicted molar refractivity (Wildman–Crippen MR) is 80.6 cm³/mol. The highest BCUT2D eigenvalue weighted by atomic mass is 79.9. The van der Waals surface area contributed by atoms with E-state index in [-0.39, 0.29) is 24.1 Å². The average Bonchev–Trinajstić information content (AvgIpc) is 2.88. The van der Waals surface area contributed by atoms with E-state index in [0.717, 1.165) is 48.8 Å². The summed E-state index contributed by atoms with van der Waals surface area (Å²) in [5.74, 6) is 0.128. The number of rotatable bonds is 3. The number of aryl methyl sites for hydroxylation is 1. The molecule has 2 saturated heterocycles. The fourth-order valence-corrected chi connectivity index (χ4v) is 4.16. The number of piperidine rings is 1. The highest BCUT2D eigenvalue weighted by molar-refractivity contribution is 9.10. The molecule has 1 aromatic heterocycles. The van der Waals surface area contributed by atoms with Crippen LogP contribution in [0.3, 0.4) is 0 Å². The Balaban J connectivity index is 1.86. The van der Waals surface area contributed by atoms with Crippen LogP contribution in [0.1, 0.15) is 49.5 Å². The topological polar surface area (TPSA) is 45.5 Å². The highest BCUT2D eigenvalue weighted by Gasteiger charge is 2.43. The number of aliphatic hydroxyl groups excluding tert-OH is 1. The minimum atomic E-state index is -0.231. The summed E-state index contributed by atoms with van der Waals surface area (Å²) in [5.41, 5.74) is 0.770. The van der Waals surface area contributed by atoms with Crippen LogP contribution >= 0.6 is 15.9 Å². The molecule has 3 heterocycles. The standard InChI is InChI=1S/C15H21BrN2O2/c1-2-5-17-9-10(16)6-14(17)15(20)18-11-3-4-12(18)8-13(19)7-11/h6,9,11-13,19H,2-5,7-8H2,1H3. The van der Waals surface area contributed by atoms with Gasteiger partial charge >= 0.3 is 0 Å². The number of halogens is 1. The molecule has 20 heavy (non-hydrogen) atoms. The summed E-state index contributed by atoms with van der Waals surface area (Å²) in [6.07, 6.45) is 6.29. The molecule has 2 atom stereocenters.